The summed E-state index contributed by atoms with van der Waals surface area (Å²) < 4.78 is 0. The van der Waals surface area contributed by atoms with E-state index in [1.165, 1.54) is 0 Å². The van der Waals surface area contributed by atoms with Crippen molar-refractivity contribution in [3.63, 3.8) is 0 Å². The molecule has 0 aliphatic heterocycles. The Bertz CT molecular complexity index is 6.00. The quantitative estimate of drug-likeness (QED) is 0.299. The van der Waals surface area contributed by atoms with E-state index in [9.17, 15) is 0 Å². The Hall–Kier alpha value is 1.51. The van der Waals surface area contributed by atoms with E-state index in [2.05, 4.69) is 0 Å². The van der Waals surface area contributed by atoms with Gasteiger partial charge in [0, 0.05) is 0 Å². The van der Waals surface area contributed by atoms with E-state index in [1.807, 2.05) is 0 Å². The normalized spacial score (nSPS) is 0. The minimum absolute atomic E-state index is 0. The molecule has 0 saturated heterocycles. The maximum absolute atomic E-state index is 0. The minimum atomic E-state index is 0. The smallest absolute Gasteiger partial charge is 1.00 e. The van der Waals surface area contributed by atoms with Gasteiger partial charge < -0.3 is 24.8 Å². The van der Waals surface area contributed by atoms with Gasteiger partial charge in [0.15, 0.2) is 0 Å². The van der Waals surface area contributed by atoms with Crippen LogP contribution in [0.2, 0.25) is 0 Å². The number of hydrogen-bond donors (Lipinski definition) is 0. The average molecular weight is 147 g/mol. The first kappa shape index (κ1) is 49.1. The fraction of sp³-hybridized carbons (Fsp3) is 0. The molecule has 4 heteroatoms. The molecule has 0 radical (unpaired) electrons. The van der Waals surface area contributed by atoms with Crippen LogP contribution in [-0.2, 0) is 21.7 Å². The van der Waals surface area contributed by atoms with E-state index >= 15 is 0 Å². The minimum Gasteiger partial charge on any atom is -1.00 e. The van der Waals surface area contributed by atoms with Gasteiger partial charge in [-0.1, -0.05) is 0 Å². The Morgan fingerprint density at radius 2 is 0.750 bits per heavy atom. The van der Waals surface area contributed by atoms with Crippen molar-refractivity contribution in [2.45, 2.75) is 0 Å². The molecule has 0 aromatic carbocycles. The average Bonchev–Trinajstić information content (AvgIpc) is 0. The zero-order valence-corrected chi connectivity index (χ0v) is 5.83. The van der Waals surface area contributed by atoms with E-state index < -0.39 is 0 Å². The fourth-order valence-electron chi connectivity index (χ4n) is 0. The van der Waals surface area contributed by atoms with Gasteiger partial charge in [-0.15, -0.1) is 0 Å². The third-order valence-corrected chi connectivity index (χ3v) is 0. The van der Waals surface area contributed by atoms with E-state index in [0.717, 1.165) is 0 Å². The van der Waals surface area contributed by atoms with E-state index in [1.54, 1.807) is 0 Å². The van der Waals surface area contributed by atoms with Crippen LogP contribution in [0, 0.1) is 0 Å². The van der Waals surface area contributed by atoms with Gasteiger partial charge in [0.1, 0.15) is 0 Å². The van der Waals surface area contributed by atoms with Gasteiger partial charge in [-0.05, 0) is 0 Å². The second kappa shape index (κ2) is 24.4. The summed E-state index contributed by atoms with van der Waals surface area (Å²) in [4.78, 5) is 0. The van der Waals surface area contributed by atoms with Crippen molar-refractivity contribution in [2.24, 2.45) is 0 Å². The molecule has 16 valence electrons. The van der Waals surface area contributed by atoms with Crippen LogP contribution in [0.5, 0.6) is 0 Å². The first-order valence-electron chi connectivity index (χ1n) is 0. The molecule has 4 heavy (non-hydrogen) atoms. The maximum Gasteiger partial charge on any atom is 4.00 e. The molecule has 0 saturated carbocycles. The predicted molar refractivity (Wildman–Crippen MR) is 5.75 cm³/mol. The summed E-state index contributed by atoms with van der Waals surface area (Å²) in [7, 11) is 0. The Kier molecular flexibility index (Phi) is 299. The SMILES string of the molecule is [Cl-].[Cl-].[Si+4].[Ti+4]. The summed E-state index contributed by atoms with van der Waals surface area (Å²) >= 11 is 0. The molecular formula is Cl2SiTi+6. The number of rotatable bonds is 0. The van der Waals surface area contributed by atoms with E-state index in [0.29, 0.717) is 0 Å². The third kappa shape index (κ3) is 9.70. The summed E-state index contributed by atoms with van der Waals surface area (Å²) in [6.45, 7) is 0. The van der Waals surface area contributed by atoms with E-state index in [-0.39, 0.29) is 57.5 Å². The van der Waals surface area contributed by atoms with Gasteiger partial charge in [-0.2, -0.15) is 0 Å². The van der Waals surface area contributed by atoms with Crippen LogP contribution in [-0.4, -0.2) is 11.0 Å². The Labute approximate surface area is 57.5 Å². The summed E-state index contributed by atoms with van der Waals surface area (Å²) in [5.41, 5.74) is 0. The van der Waals surface area contributed by atoms with Crippen molar-refractivity contribution in [1.82, 2.24) is 0 Å². The zero-order valence-electron chi connectivity index (χ0n) is 1.76. The molecule has 0 aliphatic rings. The van der Waals surface area contributed by atoms with Gasteiger partial charge in [0.05, 0.1) is 0 Å². The van der Waals surface area contributed by atoms with Crippen molar-refractivity contribution in [3.05, 3.63) is 0 Å². The van der Waals surface area contributed by atoms with Crippen molar-refractivity contribution < 1.29 is 46.5 Å². The van der Waals surface area contributed by atoms with Crippen LogP contribution in [0.3, 0.4) is 0 Å². The molecule has 0 heterocycles. The molecule has 0 aromatic heterocycles. The summed E-state index contributed by atoms with van der Waals surface area (Å²) in [6.07, 6.45) is 0. The van der Waals surface area contributed by atoms with Crippen molar-refractivity contribution in [2.75, 3.05) is 0 Å². The van der Waals surface area contributed by atoms with Gasteiger partial charge in [-0.3, -0.25) is 0 Å². The maximum atomic E-state index is 0. The van der Waals surface area contributed by atoms with Crippen LogP contribution in [0.25, 0.3) is 0 Å². The first-order valence-corrected chi connectivity index (χ1v) is 0. The zero-order chi connectivity index (χ0) is 0. The monoisotopic (exact) mass is 146 g/mol. The Morgan fingerprint density at radius 1 is 0.750 bits per heavy atom. The van der Waals surface area contributed by atoms with Gasteiger partial charge >= 0.3 is 32.7 Å². The summed E-state index contributed by atoms with van der Waals surface area (Å²) in [5, 5.41) is 0. The van der Waals surface area contributed by atoms with Gasteiger partial charge in [0.2, 0.25) is 0 Å². The van der Waals surface area contributed by atoms with Crippen LogP contribution < -0.4 is 24.8 Å². The Balaban J connectivity index is 0. The molecule has 0 amide bonds. The topological polar surface area (TPSA) is 0 Å². The Morgan fingerprint density at radius 3 is 0.750 bits per heavy atom. The van der Waals surface area contributed by atoms with Crippen LogP contribution in [0.15, 0.2) is 0 Å². The van der Waals surface area contributed by atoms with Crippen molar-refractivity contribution >= 4 is 11.0 Å². The molecule has 0 rings (SSSR count). The van der Waals surface area contributed by atoms with Gasteiger partial charge in [-0.25, -0.2) is 0 Å². The summed E-state index contributed by atoms with van der Waals surface area (Å²) in [5.74, 6) is 0. The molecule has 0 unspecified atom stereocenters. The molecule has 0 aromatic rings. The van der Waals surface area contributed by atoms with Crippen LogP contribution >= 0.6 is 0 Å². The number of halogens is 2. The van der Waals surface area contributed by atoms with Gasteiger partial charge in [0.25, 0.3) is 0 Å². The molecular weight excluding hydrogens is 147 g/mol. The second-order valence-corrected chi connectivity index (χ2v) is 0. The standard InChI is InChI=1S/2ClH.Si.Ti/h2*1H;;/q;;2*+4/p-2. The molecule has 0 atom stereocenters. The molecule has 0 fully saturated rings. The number of hydrogen-bond acceptors (Lipinski definition) is 0. The summed E-state index contributed by atoms with van der Waals surface area (Å²) in [6, 6.07) is 0. The largest absolute Gasteiger partial charge is 4.00 e. The first-order chi connectivity index (χ1) is 0. The molecule has 0 nitrogen and oxygen atoms in total. The molecule has 0 N–H and O–H groups in total. The van der Waals surface area contributed by atoms with Crippen LogP contribution in [0.4, 0.5) is 0 Å². The van der Waals surface area contributed by atoms with Crippen molar-refractivity contribution in [1.29, 1.82) is 0 Å². The van der Waals surface area contributed by atoms with Crippen molar-refractivity contribution in [3.8, 4) is 0 Å². The van der Waals surface area contributed by atoms with E-state index in [4.69, 9.17) is 0 Å². The molecule has 0 spiro atoms. The molecule has 0 aliphatic carbocycles. The fourth-order valence-corrected chi connectivity index (χ4v) is 0. The second-order valence-electron chi connectivity index (χ2n) is 0. The third-order valence-electron chi connectivity index (χ3n) is 0. The van der Waals surface area contributed by atoms with Crippen LogP contribution in [0.1, 0.15) is 0 Å². The predicted octanol–water partition coefficient (Wildman–Crippen LogP) is -6.38. The molecule has 0 bridgehead atoms.